The van der Waals surface area contributed by atoms with Crippen molar-refractivity contribution < 1.29 is 4.79 Å². The van der Waals surface area contributed by atoms with Crippen molar-refractivity contribution >= 4 is 5.91 Å². The molecule has 1 aliphatic heterocycles. The Morgan fingerprint density at radius 2 is 2.16 bits per heavy atom. The molecule has 1 heterocycles. The van der Waals surface area contributed by atoms with Crippen LogP contribution in [0.1, 0.15) is 43.1 Å². The van der Waals surface area contributed by atoms with E-state index in [4.69, 9.17) is 5.26 Å². The van der Waals surface area contributed by atoms with Crippen LogP contribution in [0.2, 0.25) is 0 Å². The van der Waals surface area contributed by atoms with Crippen LogP contribution < -0.4 is 0 Å². The summed E-state index contributed by atoms with van der Waals surface area (Å²) in [4.78, 5) is 14.3. The molecular weight excluding hydrogens is 236 g/mol. The molecule has 0 saturated carbocycles. The molecule has 1 unspecified atom stereocenters. The lowest BCUT2D eigenvalue weighted by Gasteiger charge is -2.27. The van der Waals surface area contributed by atoms with Gasteiger partial charge in [-0.15, -0.1) is 0 Å². The number of carbonyl (C=O) groups excluding carboxylic acids is 1. The predicted octanol–water partition coefficient (Wildman–Crippen LogP) is 3.07. The number of nitrogens with zero attached hydrogens (tertiary/aromatic N) is 2. The first-order valence-electron chi connectivity index (χ1n) is 6.71. The van der Waals surface area contributed by atoms with Crippen molar-refractivity contribution in [2.24, 2.45) is 11.3 Å². The highest BCUT2D eigenvalue weighted by Gasteiger charge is 2.34. The zero-order chi connectivity index (χ0) is 14.0. The smallest absolute Gasteiger partial charge is 0.253 e. The summed E-state index contributed by atoms with van der Waals surface area (Å²) in [6.45, 7) is 8.31. The van der Waals surface area contributed by atoms with Crippen molar-refractivity contribution in [1.29, 1.82) is 5.26 Å². The SMILES string of the molecule is CC(C)(C)C1CCN(C(=O)c2cccc(C#N)c2)C1. The second kappa shape index (κ2) is 5.05. The van der Waals surface area contributed by atoms with Gasteiger partial charge in [-0.1, -0.05) is 26.8 Å². The van der Waals surface area contributed by atoms with Crippen molar-refractivity contribution in [2.45, 2.75) is 27.2 Å². The maximum atomic E-state index is 12.4. The Hall–Kier alpha value is -1.82. The van der Waals surface area contributed by atoms with E-state index in [-0.39, 0.29) is 11.3 Å². The van der Waals surface area contributed by atoms with Crippen molar-refractivity contribution in [3.05, 3.63) is 35.4 Å². The molecule has 0 N–H and O–H groups in total. The largest absolute Gasteiger partial charge is 0.338 e. The summed E-state index contributed by atoms with van der Waals surface area (Å²) in [5.74, 6) is 0.597. The monoisotopic (exact) mass is 256 g/mol. The van der Waals surface area contributed by atoms with E-state index in [0.717, 1.165) is 19.5 Å². The molecule has 1 atom stereocenters. The van der Waals surface area contributed by atoms with Crippen LogP contribution in [0.15, 0.2) is 24.3 Å². The zero-order valence-corrected chi connectivity index (χ0v) is 11.8. The summed E-state index contributed by atoms with van der Waals surface area (Å²) < 4.78 is 0. The highest BCUT2D eigenvalue weighted by Crippen LogP contribution is 2.34. The van der Waals surface area contributed by atoms with Gasteiger partial charge in [0.15, 0.2) is 0 Å². The average molecular weight is 256 g/mol. The molecular formula is C16H20N2O. The number of nitriles is 1. The minimum absolute atomic E-state index is 0.0452. The number of benzene rings is 1. The average Bonchev–Trinajstić information content (AvgIpc) is 2.87. The Morgan fingerprint density at radius 1 is 1.42 bits per heavy atom. The quantitative estimate of drug-likeness (QED) is 0.775. The van der Waals surface area contributed by atoms with Crippen LogP contribution in [0.4, 0.5) is 0 Å². The lowest BCUT2D eigenvalue weighted by Crippen LogP contribution is -2.31. The first-order valence-corrected chi connectivity index (χ1v) is 6.71. The van der Waals surface area contributed by atoms with Crippen LogP contribution in [-0.2, 0) is 0 Å². The van der Waals surface area contributed by atoms with Gasteiger partial charge in [-0.05, 0) is 36.0 Å². The van der Waals surface area contributed by atoms with Crippen molar-refractivity contribution in [2.75, 3.05) is 13.1 Å². The normalized spacial score (nSPS) is 19.3. The van der Waals surface area contributed by atoms with E-state index in [1.807, 2.05) is 4.90 Å². The molecule has 1 aliphatic rings. The molecule has 1 amide bonds. The second-order valence-electron chi connectivity index (χ2n) is 6.30. The fraction of sp³-hybridized carbons (Fsp3) is 0.500. The predicted molar refractivity (Wildman–Crippen MR) is 74.6 cm³/mol. The van der Waals surface area contributed by atoms with Crippen LogP contribution in [0, 0.1) is 22.7 Å². The van der Waals surface area contributed by atoms with Crippen molar-refractivity contribution in [3.63, 3.8) is 0 Å². The molecule has 1 aromatic carbocycles. The van der Waals surface area contributed by atoms with Gasteiger partial charge < -0.3 is 4.90 Å². The summed E-state index contributed by atoms with van der Waals surface area (Å²) in [6, 6.07) is 9.02. The molecule has 0 radical (unpaired) electrons. The summed E-state index contributed by atoms with van der Waals surface area (Å²) in [6.07, 6.45) is 1.06. The molecule has 1 saturated heterocycles. The minimum atomic E-state index is 0.0452. The van der Waals surface area contributed by atoms with Gasteiger partial charge >= 0.3 is 0 Å². The Morgan fingerprint density at radius 3 is 2.74 bits per heavy atom. The summed E-state index contributed by atoms with van der Waals surface area (Å²) in [5, 5.41) is 8.88. The van der Waals surface area contributed by atoms with E-state index < -0.39 is 0 Å². The van der Waals surface area contributed by atoms with E-state index in [9.17, 15) is 4.79 Å². The first kappa shape index (κ1) is 13.6. The Kier molecular flexibility index (Phi) is 3.61. The Balaban J connectivity index is 2.11. The van der Waals surface area contributed by atoms with Gasteiger partial charge in [-0.3, -0.25) is 4.79 Å². The molecule has 3 nitrogen and oxygen atoms in total. The summed E-state index contributed by atoms with van der Waals surface area (Å²) in [7, 11) is 0. The Labute approximate surface area is 114 Å². The number of carbonyl (C=O) groups is 1. The van der Waals surface area contributed by atoms with E-state index in [2.05, 4.69) is 26.8 Å². The van der Waals surface area contributed by atoms with Gasteiger partial charge in [0.1, 0.15) is 0 Å². The number of likely N-dealkylation sites (tertiary alicyclic amines) is 1. The lowest BCUT2D eigenvalue weighted by molar-refractivity contribution is 0.0776. The van der Waals surface area contributed by atoms with Gasteiger partial charge in [0.2, 0.25) is 0 Å². The van der Waals surface area contributed by atoms with Crippen molar-refractivity contribution in [1.82, 2.24) is 4.90 Å². The maximum absolute atomic E-state index is 12.4. The van der Waals surface area contributed by atoms with Crippen LogP contribution in [0.3, 0.4) is 0 Å². The fourth-order valence-electron chi connectivity index (χ4n) is 2.56. The molecule has 0 aliphatic carbocycles. The van der Waals surface area contributed by atoms with E-state index in [0.29, 0.717) is 17.0 Å². The number of hydrogen-bond acceptors (Lipinski definition) is 2. The molecule has 19 heavy (non-hydrogen) atoms. The third-order valence-electron chi connectivity index (χ3n) is 3.94. The molecule has 100 valence electrons. The van der Waals surface area contributed by atoms with Crippen LogP contribution >= 0.6 is 0 Å². The number of hydrogen-bond donors (Lipinski definition) is 0. The molecule has 1 aromatic rings. The van der Waals surface area contributed by atoms with Gasteiger partial charge in [-0.2, -0.15) is 5.26 Å². The summed E-state index contributed by atoms with van der Waals surface area (Å²) in [5.41, 5.74) is 1.40. The highest BCUT2D eigenvalue weighted by molar-refractivity contribution is 5.94. The molecule has 0 bridgehead atoms. The topological polar surface area (TPSA) is 44.1 Å². The zero-order valence-electron chi connectivity index (χ0n) is 11.8. The first-order chi connectivity index (χ1) is 8.91. The van der Waals surface area contributed by atoms with Gasteiger partial charge in [0.25, 0.3) is 5.91 Å². The van der Waals surface area contributed by atoms with Crippen molar-refractivity contribution in [3.8, 4) is 6.07 Å². The fourth-order valence-corrected chi connectivity index (χ4v) is 2.56. The van der Waals surface area contributed by atoms with E-state index in [1.54, 1.807) is 24.3 Å². The molecule has 2 rings (SSSR count). The van der Waals surface area contributed by atoms with Crippen LogP contribution in [0.5, 0.6) is 0 Å². The summed E-state index contributed by atoms with van der Waals surface area (Å²) >= 11 is 0. The van der Waals surface area contributed by atoms with Crippen LogP contribution in [0.25, 0.3) is 0 Å². The Bertz CT molecular complexity index is 522. The van der Waals surface area contributed by atoms with Gasteiger partial charge in [0, 0.05) is 18.7 Å². The van der Waals surface area contributed by atoms with E-state index >= 15 is 0 Å². The third-order valence-corrected chi connectivity index (χ3v) is 3.94. The molecule has 3 heteroatoms. The minimum Gasteiger partial charge on any atom is -0.338 e. The van der Waals surface area contributed by atoms with Crippen LogP contribution in [-0.4, -0.2) is 23.9 Å². The molecule has 0 aromatic heterocycles. The molecule has 0 spiro atoms. The lowest BCUT2D eigenvalue weighted by atomic mass is 9.80. The second-order valence-corrected chi connectivity index (χ2v) is 6.30. The highest BCUT2D eigenvalue weighted by atomic mass is 16.2. The number of amides is 1. The standard InChI is InChI=1S/C16H20N2O/c1-16(2,3)14-7-8-18(11-14)15(19)13-6-4-5-12(9-13)10-17/h4-6,9,14H,7-8,11H2,1-3H3. The maximum Gasteiger partial charge on any atom is 0.253 e. The van der Waals surface area contributed by atoms with E-state index in [1.165, 1.54) is 0 Å². The van der Waals surface area contributed by atoms with Gasteiger partial charge in [0.05, 0.1) is 11.6 Å². The number of rotatable bonds is 1. The third kappa shape index (κ3) is 2.96. The molecule has 1 fully saturated rings. The van der Waals surface area contributed by atoms with Gasteiger partial charge in [-0.25, -0.2) is 0 Å².